The topological polar surface area (TPSA) is 38.3 Å². The lowest BCUT2D eigenvalue weighted by Gasteiger charge is -2.06. The maximum atomic E-state index is 13.3. The first-order valence-electron chi connectivity index (χ1n) is 5.20. The van der Waals surface area contributed by atoms with Gasteiger partial charge in [0.25, 0.3) is 0 Å². The van der Waals surface area contributed by atoms with Crippen LogP contribution >= 0.6 is 0 Å². The monoisotopic (exact) mass is 225 g/mol. The van der Waals surface area contributed by atoms with Crippen molar-refractivity contribution in [2.75, 3.05) is 13.7 Å². The molecule has 0 fully saturated rings. The lowest BCUT2D eigenvalue weighted by Crippen LogP contribution is -2.21. The second-order valence-electron chi connectivity index (χ2n) is 3.54. The second-order valence-corrected chi connectivity index (χ2v) is 3.54. The molecule has 0 atom stereocenters. The van der Waals surface area contributed by atoms with Gasteiger partial charge in [-0.25, -0.2) is 4.39 Å². The predicted octanol–water partition coefficient (Wildman–Crippen LogP) is 1.90. The van der Waals surface area contributed by atoms with E-state index in [1.54, 1.807) is 19.2 Å². The van der Waals surface area contributed by atoms with E-state index in [1.165, 1.54) is 13.0 Å². The molecule has 0 bridgehead atoms. The fourth-order valence-corrected chi connectivity index (χ4v) is 1.41. The van der Waals surface area contributed by atoms with Crippen LogP contribution in [0.4, 0.5) is 4.39 Å². The molecule has 0 aliphatic rings. The molecule has 1 aromatic carbocycles. The van der Waals surface area contributed by atoms with Gasteiger partial charge in [0, 0.05) is 13.5 Å². The highest BCUT2D eigenvalue weighted by Crippen LogP contribution is 2.17. The molecule has 0 aliphatic heterocycles. The van der Waals surface area contributed by atoms with Crippen molar-refractivity contribution in [3.05, 3.63) is 29.6 Å². The van der Waals surface area contributed by atoms with Gasteiger partial charge in [-0.1, -0.05) is 0 Å². The van der Waals surface area contributed by atoms with Gasteiger partial charge in [-0.15, -0.1) is 0 Å². The minimum absolute atomic E-state index is 0.0638. The SMILES string of the molecule is COc1ccc(F)c(CCCNC(C)=O)c1. The summed E-state index contributed by atoms with van der Waals surface area (Å²) in [4.78, 5) is 10.6. The van der Waals surface area contributed by atoms with Gasteiger partial charge < -0.3 is 10.1 Å². The number of ether oxygens (including phenoxy) is 1. The first kappa shape index (κ1) is 12.5. The number of aryl methyl sites for hydroxylation is 1. The third kappa shape index (κ3) is 3.88. The fraction of sp³-hybridized carbons (Fsp3) is 0.417. The van der Waals surface area contributed by atoms with Crippen LogP contribution < -0.4 is 10.1 Å². The molecule has 0 aliphatic carbocycles. The van der Waals surface area contributed by atoms with Crippen LogP contribution in [0.25, 0.3) is 0 Å². The van der Waals surface area contributed by atoms with Gasteiger partial charge in [0.15, 0.2) is 0 Å². The fourth-order valence-electron chi connectivity index (χ4n) is 1.41. The van der Waals surface area contributed by atoms with Gasteiger partial charge in [0.2, 0.25) is 5.91 Å². The first-order chi connectivity index (χ1) is 7.63. The molecular formula is C12H16FNO2. The summed E-state index contributed by atoms with van der Waals surface area (Å²) in [7, 11) is 1.55. The third-order valence-electron chi connectivity index (χ3n) is 2.25. The van der Waals surface area contributed by atoms with Gasteiger partial charge in [-0.3, -0.25) is 4.79 Å². The summed E-state index contributed by atoms with van der Waals surface area (Å²) in [6, 6.07) is 4.67. The van der Waals surface area contributed by atoms with Crippen molar-refractivity contribution in [3.63, 3.8) is 0 Å². The third-order valence-corrected chi connectivity index (χ3v) is 2.25. The number of hydrogen-bond acceptors (Lipinski definition) is 2. The second kappa shape index (κ2) is 6.10. The molecule has 0 radical (unpaired) electrons. The predicted molar refractivity (Wildman–Crippen MR) is 60.0 cm³/mol. The lowest BCUT2D eigenvalue weighted by molar-refractivity contribution is -0.118. The Morgan fingerprint density at radius 1 is 1.50 bits per heavy atom. The van der Waals surface area contributed by atoms with Crippen molar-refractivity contribution in [3.8, 4) is 5.75 Å². The molecule has 1 aromatic rings. The van der Waals surface area contributed by atoms with Crippen molar-refractivity contribution >= 4 is 5.91 Å². The molecule has 0 spiro atoms. The Balaban J connectivity index is 2.49. The highest BCUT2D eigenvalue weighted by Gasteiger charge is 2.03. The molecule has 0 saturated heterocycles. The summed E-state index contributed by atoms with van der Waals surface area (Å²) in [6.45, 7) is 2.03. The lowest BCUT2D eigenvalue weighted by atomic mass is 10.1. The molecule has 0 heterocycles. The van der Waals surface area contributed by atoms with Crippen molar-refractivity contribution in [1.82, 2.24) is 5.32 Å². The summed E-state index contributed by atoms with van der Waals surface area (Å²) in [5, 5.41) is 2.67. The highest BCUT2D eigenvalue weighted by molar-refractivity contribution is 5.72. The zero-order valence-corrected chi connectivity index (χ0v) is 9.55. The molecule has 0 saturated carbocycles. The van der Waals surface area contributed by atoms with E-state index in [2.05, 4.69) is 5.32 Å². The molecular weight excluding hydrogens is 209 g/mol. The molecule has 16 heavy (non-hydrogen) atoms. The van der Waals surface area contributed by atoms with Crippen molar-refractivity contribution in [1.29, 1.82) is 0 Å². The number of halogens is 1. The normalized spacial score (nSPS) is 9.94. The van der Waals surface area contributed by atoms with Crippen LogP contribution in [-0.4, -0.2) is 19.6 Å². The maximum Gasteiger partial charge on any atom is 0.216 e. The number of methoxy groups -OCH3 is 1. The van der Waals surface area contributed by atoms with Crippen molar-refractivity contribution < 1.29 is 13.9 Å². The Morgan fingerprint density at radius 3 is 2.88 bits per heavy atom. The van der Waals surface area contributed by atoms with Crippen molar-refractivity contribution in [2.24, 2.45) is 0 Å². The highest BCUT2D eigenvalue weighted by atomic mass is 19.1. The average Bonchev–Trinajstić information content (AvgIpc) is 2.26. The van der Waals surface area contributed by atoms with E-state index < -0.39 is 0 Å². The van der Waals surface area contributed by atoms with Gasteiger partial charge in [-0.2, -0.15) is 0 Å². The molecule has 0 aromatic heterocycles. The Labute approximate surface area is 94.6 Å². The Hall–Kier alpha value is -1.58. The van der Waals surface area contributed by atoms with Crippen LogP contribution in [0.15, 0.2) is 18.2 Å². The number of hydrogen-bond donors (Lipinski definition) is 1. The minimum atomic E-state index is -0.233. The largest absolute Gasteiger partial charge is 0.497 e. The average molecular weight is 225 g/mol. The smallest absolute Gasteiger partial charge is 0.216 e. The Kier molecular flexibility index (Phi) is 4.76. The zero-order chi connectivity index (χ0) is 12.0. The van der Waals surface area contributed by atoms with E-state index in [1.807, 2.05) is 0 Å². The minimum Gasteiger partial charge on any atom is -0.497 e. The van der Waals surface area contributed by atoms with Crippen LogP contribution in [-0.2, 0) is 11.2 Å². The van der Waals surface area contributed by atoms with Crippen LogP contribution in [0.2, 0.25) is 0 Å². The number of benzene rings is 1. The summed E-state index contributed by atoms with van der Waals surface area (Å²) in [5.74, 6) is 0.352. The van der Waals surface area contributed by atoms with E-state index in [0.717, 1.165) is 0 Å². The first-order valence-corrected chi connectivity index (χ1v) is 5.20. The summed E-state index contributed by atoms with van der Waals surface area (Å²) in [6.07, 6.45) is 1.30. The van der Waals surface area contributed by atoms with E-state index in [9.17, 15) is 9.18 Å². The van der Waals surface area contributed by atoms with Gasteiger partial charge in [0.1, 0.15) is 11.6 Å². The molecule has 1 N–H and O–H groups in total. The number of carbonyl (C=O) groups excluding carboxylic acids is 1. The Morgan fingerprint density at radius 2 is 2.25 bits per heavy atom. The molecule has 1 rings (SSSR count). The summed E-state index contributed by atoms with van der Waals surface area (Å²) in [5.41, 5.74) is 0.615. The zero-order valence-electron chi connectivity index (χ0n) is 9.55. The van der Waals surface area contributed by atoms with Gasteiger partial charge >= 0.3 is 0 Å². The van der Waals surface area contributed by atoms with Gasteiger partial charge in [-0.05, 0) is 36.6 Å². The van der Waals surface area contributed by atoms with E-state index >= 15 is 0 Å². The van der Waals surface area contributed by atoms with E-state index in [-0.39, 0.29) is 11.7 Å². The quantitative estimate of drug-likeness (QED) is 0.777. The van der Waals surface area contributed by atoms with E-state index in [4.69, 9.17) is 4.74 Å². The number of carbonyl (C=O) groups is 1. The van der Waals surface area contributed by atoms with Gasteiger partial charge in [0.05, 0.1) is 7.11 Å². The summed E-state index contributed by atoms with van der Waals surface area (Å²) < 4.78 is 18.4. The molecule has 1 amide bonds. The molecule has 4 heteroatoms. The Bertz CT molecular complexity index is 366. The number of nitrogens with one attached hydrogen (secondary N) is 1. The standard InChI is InChI=1S/C12H16FNO2/c1-9(15)14-7-3-4-10-8-11(16-2)5-6-12(10)13/h5-6,8H,3-4,7H2,1-2H3,(H,14,15). The van der Waals surface area contributed by atoms with Crippen LogP contribution in [0.5, 0.6) is 5.75 Å². The number of amides is 1. The molecule has 3 nitrogen and oxygen atoms in total. The van der Waals surface area contributed by atoms with Crippen LogP contribution in [0.1, 0.15) is 18.9 Å². The van der Waals surface area contributed by atoms with Crippen molar-refractivity contribution in [2.45, 2.75) is 19.8 Å². The molecule has 0 unspecified atom stereocenters. The molecule has 88 valence electrons. The van der Waals surface area contributed by atoms with Crippen LogP contribution in [0.3, 0.4) is 0 Å². The van der Waals surface area contributed by atoms with E-state index in [0.29, 0.717) is 30.7 Å². The summed E-state index contributed by atoms with van der Waals surface area (Å²) >= 11 is 0. The van der Waals surface area contributed by atoms with Crippen LogP contribution in [0, 0.1) is 5.82 Å². The number of rotatable bonds is 5. The maximum absolute atomic E-state index is 13.3.